The lowest BCUT2D eigenvalue weighted by Crippen LogP contribution is -2.57. The van der Waals surface area contributed by atoms with E-state index in [9.17, 15) is 4.79 Å². The van der Waals surface area contributed by atoms with Crippen molar-refractivity contribution in [2.45, 2.75) is 37.6 Å². The molecule has 0 atom stereocenters. The van der Waals surface area contributed by atoms with Crippen LogP contribution in [-0.4, -0.2) is 21.4 Å². The van der Waals surface area contributed by atoms with Crippen molar-refractivity contribution in [3.63, 3.8) is 0 Å². The van der Waals surface area contributed by atoms with Crippen molar-refractivity contribution in [1.82, 2.24) is 10.3 Å². The fourth-order valence-electron chi connectivity index (χ4n) is 2.41. The first kappa shape index (κ1) is 14.4. The fraction of sp³-hybridized carbons (Fsp3) is 0.462. The van der Waals surface area contributed by atoms with Gasteiger partial charge in [-0.05, 0) is 34.8 Å². The molecule has 19 heavy (non-hydrogen) atoms. The molecule has 1 amide bonds. The number of aromatic nitrogens is 1. The highest BCUT2D eigenvalue weighted by atomic mass is 79.9. The van der Waals surface area contributed by atoms with E-state index in [1.807, 2.05) is 0 Å². The topological polar surface area (TPSA) is 68.0 Å². The largest absolute Gasteiger partial charge is 0.391 e. The van der Waals surface area contributed by atoms with Crippen LogP contribution in [-0.2, 0) is 0 Å². The normalized spacial score (nSPS) is 17.7. The van der Waals surface area contributed by atoms with Crippen LogP contribution in [0.3, 0.4) is 0 Å². The number of amides is 1. The standard InChI is InChI=1S/C13H16BrN3OS/c14-10-6-9(7-16-8-10)11(18)17-13(12(15)19)4-2-1-3-5-13/h6-8H,1-5H2,(H2,15,19)(H,17,18). The van der Waals surface area contributed by atoms with Crippen LogP contribution in [0.5, 0.6) is 0 Å². The molecule has 1 aromatic rings. The number of hydrogen-bond acceptors (Lipinski definition) is 3. The molecular weight excluding hydrogens is 326 g/mol. The molecule has 6 heteroatoms. The zero-order valence-electron chi connectivity index (χ0n) is 10.5. The fourth-order valence-corrected chi connectivity index (χ4v) is 3.03. The van der Waals surface area contributed by atoms with Crippen molar-refractivity contribution in [3.8, 4) is 0 Å². The second-order valence-electron chi connectivity index (χ2n) is 4.85. The Kier molecular flexibility index (Phi) is 4.52. The van der Waals surface area contributed by atoms with Crippen LogP contribution in [0.25, 0.3) is 0 Å². The first-order chi connectivity index (χ1) is 9.03. The Labute approximate surface area is 126 Å². The van der Waals surface area contributed by atoms with Crippen LogP contribution in [0.4, 0.5) is 0 Å². The summed E-state index contributed by atoms with van der Waals surface area (Å²) in [6, 6.07) is 1.73. The molecule has 0 spiro atoms. The average molecular weight is 342 g/mol. The summed E-state index contributed by atoms with van der Waals surface area (Å²) in [6.07, 6.45) is 8.04. The van der Waals surface area contributed by atoms with Gasteiger partial charge in [0.05, 0.1) is 16.1 Å². The monoisotopic (exact) mass is 341 g/mol. The Morgan fingerprint density at radius 2 is 2.05 bits per heavy atom. The van der Waals surface area contributed by atoms with Crippen LogP contribution >= 0.6 is 28.1 Å². The van der Waals surface area contributed by atoms with E-state index in [0.29, 0.717) is 10.6 Å². The summed E-state index contributed by atoms with van der Waals surface area (Å²) in [6.45, 7) is 0. The highest BCUT2D eigenvalue weighted by molar-refractivity contribution is 9.10. The number of pyridine rings is 1. The Morgan fingerprint density at radius 3 is 2.63 bits per heavy atom. The molecule has 4 nitrogen and oxygen atoms in total. The number of nitrogens with two attached hydrogens (primary N) is 1. The van der Waals surface area contributed by atoms with E-state index in [-0.39, 0.29) is 5.91 Å². The third kappa shape index (κ3) is 3.30. The predicted molar refractivity (Wildman–Crippen MR) is 82.0 cm³/mol. The van der Waals surface area contributed by atoms with Gasteiger partial charge >= 0.3 is 0 Å². The van der Waals surface area contributed by atoms with Crippen molar-refractivity contribution >= 4 is 39.0 Å². The highest BCUT2D eigenvalue weighted by Crippen LogP contribution is 2.29. The van der Waals surface area contributed by atoms with E-state index in [2.05, 4.69) is 26.2 Å². The van der Waals surface area contributed by atoms with Crippen LogP contribution in [0.15, 0.2) is 22.9 Å². The molecule has 0 radical (unpaired) electrons. The molecule has 0 aliphatic heterocycles. The van der Waals surface area contributed by atoms with E-state index in [0.717, 1.165) is 30.2 Å². The SMILES string of the molecule is NC(=S)C1(NC(=O)c2cncc(Br)c2)CCCCC1. The Balaban J connectivity index is 2.18. The molecule has 102 valence electrons. The van der Waals surface area contributed by atoms with Crippen molar-refractivity contribution in [1.29, 1.82) is 0 Å². The summed E-state index contributed by atoms with van der Waals surface area (Å²) in [5.74, 6) is -0.177. The van der Waals surface area contributed by atoms with Crippen LogP contribution in [0.1, 0.15) is 42.5 Å². The minimum atomic E-state index is -0.535. The predicted octanol–water partition coefficient (Wildman–Crippen LogP) is 2.56. The van der Waals surface area contributed by atoms with Gasteiger partial charge in [0, 0.05) is 16.9 Å². The number of halogens is 1. The molecular formula is C13H16BrN3OS. The van der Waals surface area contributed by atoms with Crippen LogP contribution in [0.2, 0.25) is 0 Å². The number of nitrogens with one attached hydrogen (secondary N) is 1. The van der Waals surface area contributed by atoms with E-state index in [4.69, 9.17) is 18.0 Å². The number of hydrogen-bond donors (Lipinski definition) is 2. The quantitative estimate of drug-likeness (QED) is 0.829. The molecule has 2 rings (SSSR count). The van der Waals surface area contributed by atoms with Gasteiger partial charge in [-0.25, -0.2) is 0 Å². The number of carbonyl (C=O) groups is 1. The summed E-state index contributed by atoms with van der Waals surface area (Å²) in [5, 5.41) is 3.01. The molecule has 0 bridgehead atoms. The van der Waals surface area contributed by atoms with E-state index in [1.165, 1.54) is 12.6 Å². The molecule has 1 saturated carbocycles. The third-order valence-corrected chi connectivity index (χ3v) is 4.32. The molecule has 1 aliphatic carbocycles. The third-order valence-electron chi connectivity index (χ3n) is 3.50. The molecule has 1 fully saturated rings. The zero-order chi connectivity index (χ0) is 13.9. The Bertz CT molecular complexity index is 500. The maximum atomic E-state index is 12.3. The lowest BCUT2D eigenvalue weighted by molar-refractivity contribution is 0.0908. The molecule has 0 saturated heterocycles. The van der Waals surface area contributed by atoms with Crippen LogP contribution < -0.4 is 11.1 Å². The minimum absolute atomic E-state index is 0.177. The summed E-state index contributed by atoms with van der Waals surface area (Å²) in [7, 11) is 0. The van der Waals surface area contributed by atoms with Gasteiger partial charge in [0.15, 0.2) is 0 Å². The summed E-state index contributed by atoms with van der Waals surface area (Å²) in [5.41, 5.74) is 5.83. The van der Waals surface area contributed by atoms with Gasteiger partial charge in [0.25, 0.3) is 5.91 Å². The second-order valence-corrected chi connectivity index (χ2v) is 6.21. The van der Waals surface area contributed by atoms with Gasteiger partial charge in [-0.3, -0.25) is 9.78 Å². The van der Waals surface area contributed by atoms with Crippen molar-refractivity contribution in [2.24, 2.45) is 5.73 Å². The van der Waals surface area contributed by atoms with Gasteiger partial charge in [-0.2, -0.15) is 0 Å². The maximum Gasteiger partial charge on any atom is 0.253 e. The van der Waals surface area contributed by atoms with E-state index < -0.39 is 5.54 Å². The maximum absolute atomic E-state index is 12.3. The van der Waals surface area contributed by atoms with Gasteiger partial charge in [0.1, 0.15) is 0 Å². The van der Waals surface area contributed by atoms with Crippen molar-refractivity contribution in [2.75, 3.05) is 0 Å². The number of thiocarbonyl (C=S) groups is 1. The van der Waals surface area contributed by atoms with Crippen molar-refractivity contribution in [3.05, 3.63) is 28.5 Å². The lowest BCUT2D eigenvalue weighted by Gasteiger charge is -2.37. The van der Waals surface area contributed by atoms with Crippen molar-refractivity contribution < 1.29 is 4.79 Å². The first-order valence-electron chi connectivity index (χ1n) is 6.26. The van der Waals surface area contributed by atoms with E-state index in [1.54, 1.807) is 12.3 Å². The number of nitrogens with zero attached hydrogens (tertiary/aromatic N) is 1. The smallest absolute Gasteiger partial charge is 0.253 e. The first-order valence-corrected chi connectivity index (χ1v) is 7.47. The Hall–Kier alpha value is -1.01. The highest BCUT2D eigenvalue weighted by Gasteiger charge is 2.36. The Morgan fingerprint density at radius 1 is 1.37 bits per heavy atom. The lowest BCUT2D eigenvalue weighted by atomic mass is 9.81. The van der Waals surface area contributed by atoms with Gasteiger partial charge in [0.2, 0.25) is 0 Å². The molecule has 3 N–H and O–H groups in total. The van der Waals surface area contributed by atoms with Gasteiger partial charge in [-0.15, -0.1) is 0 Å². The van der Waals surface area contributed by atoms with Gasteiger partial charge < -0.3 is 11.1 Å². The summed E-state index contributed by atoms with van der Waals surface area (Å²) in [4.78, 5) is 16.7. The second kappa shape index (κ2) is 5.96. The molecule has 1 heterocycles. The molecule has 0 aromatic carbocycles. The number of rotatable bonds is 3. The minimum Gasteiger partial charge on any atom is -0.391 e. The van der Waals surface area contributed by atoms with E-state index >= 15 is 0 Å². The summed E-state index contributed by atoms with van der Waals surface area (Å²) < 4.78 is 0.771. The zero-order valence-corrected chi connectivity index (χ0v) is 12.9. The average Bonchev–Trinajstić information content (AvgIpc) is 2.39. The van der Waals surface area contributed by atoms with Crippen LogP contribution in [0, 0.1) is 0 Å². The molecule has 1 aliphatic rings. The van der Waals surface area contributed by atoms with Gasteiger partial charge in [-0.1, -0.05) is 31.5 Å². The molecule has 1 aromatic heterocycles. The number of carbonyl (C=O) groups excluding carboxylic acids is 1. The molecule has 0 unspecified atom stereocenters. The summed E-state index contributed by atoms with van der Waals surface area (Å²) >= 11 is 8.46.